The summed E-state index contributed by atoms with van der Waals surface area (Å²) in [5.74, 6) is 0.174. The highest BCUT2D eigenvalue weighted by Gasteiger charge is 2.09. The second-order valence-corrected chi connectivity index (χ2v) is 2.42. The van der Waals surface area contributed by atoms with E-state index in [0.29, 0.717) is 11.3 Å². The van der Waals surface area contributed by atoms with Gasteiger partial charge in [-0.15, -0.1) is 0 Å². The minimum Gasteiger partial charge on any atom is -0.433 e. The Kier molecular flexibility index (Phi) is 2.58. The molecule has 0 unspecified atom stereocenters. The highest BCUT2D eigenvalue weighted by atomic mass is 19.3. The molecule has 0 N–H and O–H groups in total. The maximum atomic E-state index is 11.8. The predicted molar refractivity (Wildman–Crippen MR) is 40.3 cm³/mol. The van der Waals surface area contributed by atoms with Crippen LogP contribution < -0.4 is 4.74 Å². The van der Waals surface area contributed by atoms with E-state index in [1.54, 1.807) is 26.1 Å². The molecule has 4 heteroatoms. The Balaban J connectivity index is 2.96. The van der Waals surface area contributed by atoms with Gasteiger partial charge in [0.25, 0.3) is 0 Å². The van der Waals surface area contributed by atoms with Crippen LogP contribution in [0.1, 0.15) is 11.3 Å². The van der Waals surface area contributed by atoms with Crippen molar-refractivity contribution in [3.05, 3.63) is 23.5 Å². The number of aromatic nitrogens is 1. The van der Waals surface area contributed by atoms with Crippen LogP contribution in [0.3, 0.4) is 0 Å². The number of rotatable bonds is 2. The summed E-state index contributed by atoms with van der Waals surface area (Å²) in [5.41, 5.74) is 1.15. The van der Waals surface area contributed by atoms with Crippen molar-refractivity contribution in [2.45, 2.75) is 20.5 Å². The van der Waals surface area contributed by atoms with Gasteiger partial charge in [-0.25, -0.2) is 0 Å². The smallest absolute Gasteiger partial charge is 0.387 e. The molecule has 0 aliphatic rings. The highest BCUT2D eigenvalue weighted by Crippen LogP contribution is 2.21. The molecule has 0 saturated carbocycles. The van der Waals surface area contributed by atoms with Gasteiger partial charge in [-0.2, -0.15) is 8.78 Å². The first-order valence-corrected chi connectivity index (χ1v) is 3.48. The van der Waals surface area contributed by atoms with Gasteiger partial charge in [0.2, 0.25) is 0 Å². The Morgan fingerprint density at radius 1 is 1.42 bits per heavy atom. The van der Waals surface area contributed by atoms with E-state index >= 15 is 0 Å². The third-order valence-corrected chi connectivity index (χ3v) is 1.49. The van der Waals surface area contributed by atoms with Crippen LogP contribution in [-0.2, 0) is 0 Å². The molecule has 1 aromatic heterocycles. The zero-order valence-electron chi connectivity index (χ0n) is 6.84. The van der Waals surface area contributed by atoms with Gasteiger partial charge in [0.05, 0.1) is 5.69 Å². The molecule has 0 saturated heterocycles. The number of ether oxygens (including phenoxy) is 1. The summed E-state index contributed by atoms with van der Waals surface area (Å²) in [6.45, 7) is 0.545. The largest absolute Gasteiger partial charge is 0.433 e. The van der Waals surface area contributed by atoms with Gasteiger partial charge in [-0.05, 0) is 25.5 Å². The van der Waals surface area contributed by atoms with Crippen molar-refractivity contribution in [3.63, 3.8) is 0 Å². The zero-order chi connectivity index (χ0) is 9.14. The topological polar surface area (TPSA) is 22.1 Å². The van der Waals surface area contributed by atoms with E-state index in [0.717, 1.165) is 0 Å². The quantitative estimate of drug-likeness (QED) is 0.684. The van der Waals surface area contributed by atoms with Crippen LogP contribution in [0.15, 0.2) is 12.3 Å². The van der Waals surface area contributed by atoms with Crippen molar-refractivity contribution in [3.8, 4) is 5.75 Å². The third-order valence-electron chi connectivity index (χ3n) is 1.49. The molecule has 0 spiro atoms. The summed E-state index contributed by atoms with van der Waals surface area (Å²) in [4.78, 5) is 3.83. The normalized spacial score (nSPS) is 10.4. The molecule has 1 heterocycles. The summed E-state index contributed by atoms with van der Waals surface area (Å²) in [5, 5.41) is 0. The number of halogens is 2. The fourth-order valence-electron chi connectivity index (χ4n) is 0.948. The van der Waals surface area contributed by atoms with Crippen molar-refractivity contribution in [2.24, 2.45) is 0 Å². The van der Waals surface area contributed by atoms with Crippen molar-refractivity contribution in [1.82, 2.24) is 4.98 Å². The third kappa shape index (κ3) is 1.90. The summed E-state index contributed by atoms with van der Waals surface area (Å²) in [6.07, 6.45) is 1.56. The number of alkyl halides is 2. The van der Waals surface area contributed by atoms with E-state index in [1.165, 1.54) is 0 Å². The standard InChI is InChI=1S/C8H9F2NO/c1-5-3-4-11-6(2)7(5)12-8(9)10/h3-4,8H,1-2H3. The predicted octanol–water partition coefficient (Wildman–Crippen LogP) is 2.30. The average molecular weight is 173 g/mol. The van der Waals surface area contributed by atoms with Crippen LogP contribution in [-0.4, -0.2) is 11.6 Å². The van der Waals surface area contributed by atoms with Gasteiger partial charge < -0.3 is 4.74 Å². The Hall–Kier alpha value is -1.19. The molecule has 1 aromatic rings. The highest BCUT2D eigenvalue weighted by molar-refractivity contribution is 5.34. The number of hydrogen-bond acceptors (Lipinski definition) is 2. The molecule has 0 atom stereocenters. The van der Waals surface area contributed by atoms with E-state index < -0.39 is 6.61 Å². The molecule has 2 nitrogen and oxygen atoms in total. The molecule has 66 valence electrons. The van der Waals surface area contributed by atoms with Crippen LogP contribution in [0.4, 0.5) is 8.78 Å². The van der Waals surface area contributed by atoms with E-state index in [1.807, 2.05) is 0 Å². The molecule has 12 heavy (non-hydrogen) atoms. The van der Waals surface area contributed by atoms with Gasteiger partial charge in [-0.3, -0.25) is 4.98 Å². The van der Waals surface area contributed by atoms with Gasteiger partial charge in [0, 0.05) is 6.20 Å². The van der Waals surface area contributed by atoms with Crippen LogP contribution in [0, 0.1) is 13.8 Å². The molecule has 0 aliphatic heterocycles. The summed E-state index contributed by atoms with van der Waals surface area (Å²) in [7, 11) is 0. The lowest BCUT2D eigenvalue weighted by Crippen LogP contribution is -2.05. The van der Waals surface area contributed by atoms with Crippen LogP contribution in [0.25, 0.3) is 0 Å². The summed E-state index contributed by atoms with van der Waals surface area (Å²) >= 11 is 0. The second kappa shape index (κ2) is 3.47. The Labute approximate surface area is 69.2 Å². The van der Waals surface area contributed by atoms with Crippen molar-refractivity contribution in [1.29, 1.82) is 0 Å². The molecule has 0 aliphatic carbocycles. The lowest BCUT2D eigenvalue weighted by atomic mass is 10.2. The monoisotopic (exact) mass is 173 g/mol. The zero-order valence-corrected chi connectivity index (χ0v) is 6.84. The van der Waals surface area contributed by atoms with Crippen LogP contribution in [0.5, 0.6) is 5.75 Å². The maximum Gasteiger partial charge on any atom is 0.387 e. The van der Waals surface area contributed by atoms with E-state index in [-0.39, 0.29) is 5.75 Å². The molecule has 0 aromatic carbocycles. The van der Waals surface area contributed by atoms with E-state index in [2.05, 4.69) is 9.72 Å². The first-order chi connectivity index (χ1) is 5.61. The van der Waals surface area contributed by atoms with E-state index in [4.69, 9.17) is 0 Å². The first-order valence-electron chi connectivity index (χ1n) is 3.48. The summed E-state index contributed by atoms with van der Waals surface area (Å²) in [6, 6.07) is 1.63. The minimum absolute atomic E-state index is 0.174. The maximum absolute atomic E-state index is 11.8. The van der Waals surface area contributed by atoms with Gasteiger partial charge in [0.15, 0.2) is 0 Å². The van der Waals surface area contributed by atoms with E-state index in [9.17, 15) is 8.78 Å². The Morgan fingerprint density at radius 3 is 2.58 bits per heavy atom. The minimum atomic E-state index is -2.79. The lowest BCUT2D eigenvalue weighted by Gasteiger charge is -2.08. The Bertz CT molecular complexity index is 256. The number of pyridine rings is 1. The SMILES string of the molecule is Cc1ccnc(C)c1OC(F)F. The van der Waals surface area contributed by atoms with Crippen molar-refractivity contribution < 1.29 is 13.5 Å². The Morgan fingerprint density at radius 2 is 2.08 bits per heavy atom. The van der Waals surface area contributed by atoms with Crippen molar-refractivity contribution >= 4 is 0 Å². The van der Waals surface area contributed by atoms with Gasteiger partial charge in [0.1, 0.15) is 5.75 Å². The van der Waals surface area contributed by atoms with Crippen LogP contribution >= 0.6 is 0 Å². The molecule has 0 radical (unpaired) electrons. The molecule has 0 bridgehead atoms. The fourth-order valence-corrected chi connectivity index (χ4v) is 0.948. The fraction of sp³-hybridized carbons (Fsp3) is 0.375. The molecular weight excluding hydrogens is 164 g/mol. The molecule has 0 fully saturated rings. The molecular formula is C8H9F2NO. The lowest BCUT2D eigenvalue weighted by molar-refractivity contribution is -0.0510. The number of nitrogens with zero attached hydrogens (tertiary/aromatic N) is 1. The second-order valence-electron chi connectivity index (χ2n) is 2.42. The number of hydrogen-bond donors (Lipinski definition) is 0. The summed E-state index contributed by atoms with van der Waals surface area (Å²) < 4.78 is 27.9. The van der Waals surface area contributed by atoms with Crippen molar-refractivity contribution in [2.75, 3.05) is 0 Å². The van der Waals surface area contributed by atoms with Gasteiger partial charge in [-0.1, -0.05) is 0 Å². The average Bonchev–Trinajstić information content (AvgIpc) is 1.97. The van der Waals surface area contributed by atoms with Crippen LogP contribution in [0.2, 0.25) is 0 Å². The number of aryl methyl sites for hydroxylation is 2. The molecule has 1 rings (SSSR count). The van der Waals surface area contributed by atoms with Gasteiger partial charge >= 0.3 is 6.61 Å². The first kappa shape index (κ1) is 8.90. The molecule has 0 amide bonds.